The Morgan fingerprint density at radius 2 is 2.04 bits per heavy atom. The summed E-state index contributed by atoms with van der Waals surface area (Å²) < 4.78 is 10.5. The molecule has 0 radical (unpaired) electrons. The van der Waals surface area contributed by atoms with Crippen LogP contribution in [-0.2, 0) is 4.79 Å². The van der Waals surface area contributed by atoms with Crippen molar-refractivity contribution in [3.63, 3.8) is 0 Å². The Morgan fingerprint density at radius 3 is 2.70 bits per heavy atom. The van der Waals surface area contributed by atoms with E-state index in [0.29, 0.717) is 11.7 Å². The van der Waals surface area contributed by atoms with Crippen molar-refractivity contribution < 1.29 is 19.1 Å². The van der Waals surface area contributed by atoms with Crippen LogP contribution in [0.4, 0.5) is 0 Å². The van der Waals surface area contributed by atoms with Crippen LogP contribution in [0, 0.1) is 5.92 Å². The summed E-state index contributed by atoms with van der Waals surface area (Å²) in [6.07, 6.45) is 4.50. The first-order valence-electron chi connectivity index (χ1n) is 7.91. The molecule has 2 rings (SSSR count). The highest BCUT2D eigenvalue weighted by Gasteiger charge is 2.23. The minimum absolute atomic E-state index is 0.143. The van der Waals surface area contributed by atoms with E-state index < -0.39 is 5.91 Å². The number of benzene rings is 1. The van der Waals surface area contributed by atoms with Crippen molar-refractivity contribution in [1.29, 1.82) is 0 Å². The van der Waals surface area contributed by atoms with Crippen LogP contribution in [-0.4, -0.2) is 31.6 Å². The van der Waals surface area contributed by atoms with Gasteiger partial charge in [0.25, 0.3) is 11.8 Å². The van der Waals surface area contributed by atoms with Crippen LogP contribution in [0.3, 0.4) is 0 Å². The normalized spacial score (nSPS) is 20.6. The Bertz CT molecular complexity index is 574. The van der Waals surface area contributed by atoms with Crippen LogP contribution in [0.1, 0.15) is 43.0 Å². The summed E-state index contributed by atoms with van der Waals surface area (Å²) in [7, 11) is 1.50. The summed E-state index contributed by atoms with van der Waals surface area (Å²) >= 11 is 0. The molecule has 6 heteroatoms. The Labute approximate surface area is 136 Å². The van der Waals surface area contributed by atoms with E-state index in [0.717, 1.165) is 19.3 Å². The number of ether oxygens (including phenoxy) is 2. The Hall–Kier alpha value is -2.24. The smallest absolute Gasteiger partial charge is 0.258 e. The molecule has 1 saturated carbocycles. The van der Waals surface area contributed by atoms with Crippen LogP contribution >= 0.6 is 0 Å². The number of primary amides is 1. The minimum Gasteiger partial charge on any atom is -0.497 e. The van der Waals surface area contributed by atoms with Gasteiger partial charge in [-0.1, -0.05) is 19.8 Å². The topological polar surface area (TPSA) is 90.7 Å². The van der Waals surface area contributed by atoms with Crippen molar-refractivity contribution in [1.82, 2.24) is 5.32 Å². The number of nitrogens with one attached hydrogen (secondary N) is 1. The molecule has 0 spiro atoms. The lowest BCUT2D eigenvalue weighted by Crippen LogP contribution is -2.43. The van der Waals surface area contributed by atoms with Gasteiger partial charge in [0.1, 0.15) is 11.5 Å². The highest BCUT2D eigenvalue weighted by atomic mass is 16.5. The quantitative estimate of drug-likeness (QED) is 0.837. The molecule has 0 bridgehead atoms. The maximum Gasteiger partial charge on any atom is 0.258 e. The van der Waals surface area contributed by atoms with Crippen LogP contribution in [0.5, 0.6) is 11.5 Å². The van der Waals surface area contributed by atoms with Crippen molar-refractivity contribution in [3.05, 3.63) is 23.8 Å². The predicted molar refractivity (Wildman–Crippen MR) is 86.6 cm³/mol. The largest absolute Gasteiger partial charge is 0.497 e. The molecule has 1 aliphatic rings. The molecule has 23 heavy (non-hydrogen) atoms. The van der Waals surface area contributed by atoms with Crippen LogP contribution in [0.25, 0.3) is 0 Å². The van der Waals surface area contributed by atoms with Crippen molar-refractivity contribution in [2.75, 3.05) is 13.7 Å². The van der Waals surface area contributed by atoms with Gasteiger partial charge < -0.3 is 20.5 Å². The summed E-state index contributed by atoms with van der Waals surface area (Å²) in [4.78, 5) is 23.5. The molecular formula is C17H24N2O4. The van der Waals surface area contributed by atoms with Gasteiger partial charge in [-0.3, -0.25) is 9.59 Å². The zero-order valence-corrected chi connectivity index (χ0v) is 13.6. The van der Waals surface area contributed by atoms with Gasteiger partial charge in [0.2, 0.25) is 0 Å². The van der Waals surface area contributed by atoms with E-state index in [4.69, 9.17) is 15.2 Å². The van der Waals surface area contributed by atoms with Gasteiger partial charge in [0.05, 0.1) is 12.7 Å². The van der Waals surface area contributed by atoms with Crippen molar-refractivity contribution >= 4 is 11.8 Å². The van der Waals surface area contributed by atoms with Crippen LogP contribution in [0.2, 0.25) is 0 Å². The molecule has 1 aromatic rings. The third-order valence-electron chi connectivity index (χ3n) is 4.27. The molecule has 0 aromatic heterocycles. The Morgan fingerprint density at radius 1 is 1.30 bits per heavy atom. The van der Waals surface area contributed by atoms with Crippen LogP contribution < -0.4 is 20.5 Å². The fourth-order valence-electron chi connectivity index (χ4n) is 2.88. The summed E-state index contributed by atoms with van der Waals surface area (Å²) in [6.45, 7) is 2.01. The van der Waals surface area contributed by atoms with E-state index in [1.807, 2.05) is 0 Å². The highest BCUT2D eigenvalue weighted by molar-refractivity contribution is 5.96. The maximum atomic E-state index is 12.1. The van der Waals surface area contributed by atoms with Gasteiger partial charge in [-0.15, -0.1) is 0 Å². The number of hydrogen-bond donors (Lipinski definition) is 2. The molecule has 0 heterocycles. The molecule has 0 aliphatic heterocycles. The average molecular weight is 320 g/mol. The second-order valence-electron chi connectivity index (χ2n) is 5.95. The molecule has 126 valence electrons. The average Bonchev–Trinajstić information content (AvgIpc) is 2.54. The molecule has 1 fully saturated rings. The first-order chi connectivity index (χ1) is 11.0. The molecule has 1 aliphatic carbocycles. The van der Waals surface area contributed by atoms with Gasteiger partial charge in [0.15, 0.2) is 6.61 Å². The zero-order chi connectivity index (χ0) is 16.8. The lowest BCUT2D eigenvalue weighted by atomic mass is 9.86. The summed E-state index contributed by atoms with van der Waals surface area (Å²) in [5.41, 5.74) is 5.53. The number of nitrogens with two attached hydrogens (primary N) is 1. The van der Waals surface area contributed by atoms with Gasteiger partial charge in [-0.2, -0.15) is 0 Å². The zero-order valence-electron chi connectivity index (χ0n) is 13.6. The van der Waals surface area contributed by atoms with E-state index in [1.54, 1.807) is 12.1 Å². The van der Waals surface area contributed by atoms with E-state index in [1.165, 1.54) is 19.6 Å². The first-order valence-corrected chi connectivity index (χ1v) is 7.91. The lowest BCUT2D eigenvalue weighted by Gasteiger charge is -2.29. The molecule has 3 N–H and O–H groups in total. The predicted octanol–water partition coefficient (Wildman–Crippen LogP) is 1.87. The van der Waals surface area contributed by atoms with E-state index >= 15 is 0 Å². The standard InChI is InChI=1S/C17H24N2O4/c1-11-5-3-4-6-14(11)19-16(20)10-23-15-8-7-12(22-2)9-13(15)17(18)21/h7-9,11,14H,3-6,10H2,1-2H3,(H2,18,21)(H,19,20)/t11-,14-/m0/s1. The SMILES string of the molecule is COc1ccc(OCC(=O)N[C@H]2CCCC[C@@H]2C)c(C(N)=O)c1. The number of rotatable bonds is 6. The molecule has 1 aromatic carbocycles. The minimum atomic E-state index is -0.625. The maximum absolute atomic E-state index is 12.1. The number of carbonyl (C=O) groups is 2. The Kier molecular flexibility index (Phi) is 5.84. The molecular weight excluding hydrogens is 296 g/mol. The van der Waals surface area contributed by atoms with Crippen molar-refractivity contribution in [2.24, 2.45) is 11.7 Å². The number of amides is 2. The van der Waals surface area contributed by atoms with Gasteiger partial charge in [-0.25, -0.2) is 0 Å². The second-order valence-corrected chi connectivity index (χ2v) is 5.95. The fourth-order valence-corrected chi connectivity index (χ4v) is 2.88. The number of methoxy groups -OCH3 is 1. The third-order valence-corrected chi connectivity index (χ3v) is 4.27. The summed E-state index contributed by atoms with van der Waals surface area (Å²) in [5, 5.41) is 3.01. The second kappa shape index (κ2) is 7.85. The highest BCUT2D eigenvalue weighted by Crippen LogP contribution is 2.25. The molecule has 2 amide bonds. The van der Waals surface area contributed by atoms with Crippen LogP contribution in [0.15, 0.2) is 18.2 Å². The fraction of sp³-hybridized carbons (Fsp3) is 0.529. The Balaban J connectivity index is 1.94. The molecule has 0 saturated heterocycles. The number of carbonyl (C=O) groups excluding carboxylic acids is 2. The molecule has 2 atom stereocenters. The van der Waals surface area contributed by atoms with Gasteiger partial charge >= 0.3 is 0 Å². The van der Waals surface area contributed by atoms with E-state index in [2.05, 4.69) is 12.2 Å². The van der Waals surface area contributed by atoms with Crippen molar-refractivity contribution in [3.8, 4) is 11.5 Å². The summed E-state index contributed by atoms with van der Waals surface area (Å²) in [5.74, 6) is 0.460. The van der Waals surface area contributed by atoms with E-state index in [-0.39, 0.29) is 29.9 Å². The van der Waals surface area contributed by atoms with Gasteiger partial charge in [0, 0.05) is 6.04 Å². The first kappa shape index (κ1) is 17.1. The third kappa shape index (κ3) is 4.61. The van der Waals surface area contributed by atoms with Gasteiger partial charge in [-0.05, 0) is 37.0 Å². The van der Waals surface area contributed by atoms with Crippen molar-refractivity contribution in [2.45, 2.75) is 38.6 Å². The molecule has 0 unspecified atom stereocenters. The lowest BCUT2D eigenvalue weighted by molar-refractivity contribution is -0.124. The van der Waals surface area contributed by atoms with E-state index in [9.17, 15) is 9.59 Å². The molecule has 6 nitrogen and oxygen atoms in total. The summed E-state index contributed by atoms with van der Waals surface area (Å²) in [6, 6.07) is 4.93. The monoisotopic (exact) mass is 320 g/mol. The number of hydrogen-bond acceptors (Lipinski definition) is 4.